The Kier molecular flexibility index (Phi) is 7.15. The fourth-order valence-electron chi connectivity index (χ4n) is 3.26. The minimum absolute atomic E-state index is 0.0642. The summed E-state index contributed by atoms with van der Waals surface area (Å²) >= 11 is 12.1. The number of benzene rings is 3. The molecule has 3 aromatic carbocycles. The van der Waals surface area contributed by atoms with E-state index in [-0.39, 0.29) is 35.7 Å². The van der Waals surface area contributed by atoms with E-state index in [4.69, 9.17) is 23.2 Å². The van der Waals surface area contributed by atoms with Crippen molar-refractivity contribution >= 4 is 34.9 Å². The highest BCUT2D eigenvalue weighted by atomic mass is 35.5. The highest BCUT2D eigenvalue weighted by Crippen LogP contribution is 2.33. The molecule has 162 valence electrons. The van der Waals surface area contributed by atoms with Crippen LogP contribution in [0.3, 0.4) is 0 Å². The molecule has 0 aliphatic rings. The minimum atomic E-state index is -1.51. The molecule has 0 fully saturated rings. The summed E-state index contributed by atoms with van der Waals surface area (Å²) in [4.78, 5) is 11.5. The first-order valence-corrected chi connectivity index (χ1v) is 10.1. The highest BCUT2D eigenvalue weighted by molar-refractivity contribution is 6.42. The summed E-state index contributed by atoms with van der Waals surface area (Å²) < 4.78 is 26.7. The molecular weight excluding hydrogens is 447 g/mol. The molecule has 0 bridgehead atoms. The predicted octanol–water partition coefficient (Wildman–Crippen LogP) is 5.90. The van der Waals surface area contributed by atoms with Crippen molar-refractivity contribution in [2.24, 2.45) is 0 Å². The third-order valence-corrected chi connectivity index (χ3v) is 5.76. The molecule has 8 heteroatoms. The van der Waals surface area contributed by atoms with Gasteiger partial charge in [-0.25, -0.2) is 13.6 Å². The molecule has 0 saturated heterocycles. The lowest BCUT2D eigenvalue weighted by Crippen LogP contribution is -2.35. The number of carboxylic acids is 1. The maximum Gasteiger partial charge on any atom is 0.335 e. The molecule has 0 heterocycles. The van der Waals surface area contributed by atoms with Gasteiger partial charge in [0.15, 0.2) is 11.6 Å². The summed E-state index contributed by atoms with van der Waals surface area (Å²) in [5.41, 5.74) is -0.0768. The van der Waals surface area contributed by atoms with Crippen molar-refractivity contribution < 1.29 is 23.8 Å². The van der Waals surface area contributed by atoms with Crippen molar-refractivity contribution in [2.45, 2.75) is 18.4 Å². The molecule has 0 amide bonds. The molecule has 0 aliphatic heterocycles. The second-order valence-electron chi connectivity index (χ2n) is 7.11. The highest BCUT2D eigenvalue weighted by Gasteiger charge is 2.30. The third-order valence-electron chi connectivity index (χ3n) is 5.02. The lowest BCUT2D eigenvalue weighted by molar-refractivity contribution is 0.0412. The van der Waals surface area contributed by atoms with Crippen LogP contribution in [0.1, 0.15) is 27.9 Å². The molecule has 0 radical (unpaired) electrons. The summed E-state index contributed by atoms with van der Waals surface area (Å²) in [6.45, 7) is -0.0642. The second-order valence-corrected chi connectivity index (χ2v) is 7.92. The van der Waals surface area contributed by atoms with Crippen molar-refractivity contribution in [3.05, 3.63) is 99.0 Å². The van der Waals surface area contributed by atoms with E-state index in [2.05, 4.69) is 5.32 Å². The Morgan fingerprint density at radius 3 is 2.39 bits per heavy atom. The quantitative estimate of drug-likeness (QED) is 0.387. The van der Waals surface area contributed by atoms with Crippen molar-refractivity contribution in [1.82, 2.24) is 0 Å². The van der Waals surface area contributed by atoms with Gasteiger partial charge in [0, 0.05) is 18.3 Å². The van der Waals surface area contributed by atoms with Crippen LogP contribution in [0.25, 0.3) is 0 Å². The molecule has 3 N–H and O–H groups in total. The Bertz CT molecular complexity index is 1110. The maximum atomic E-state index is 13.5. The number of hydrogen-bond acceptors (Lipinski definition) is 3. The Morgan fingerprint density at radius 2 is 1.71 bits per heavy atom. The standard InChI is InChI=1S/C23H19Cl2F2NO3/c24-18-7-5-15(11-19(18)25)23(31,13-28-16-6-8-20(26)21(27)12-16)10-9-14-3-1-2-4-17(14)22(29)30/h1-8,11-12,28,31H,9-10,13H2,(H,29,30). The van der Waals surface area contributed by atoms with Gasteiger partial charge >= 0.3 is 5.97 Å². The number of halogens is 4. The zero-order valence-corrected chi connectivity index (χ0v) is 17.7. The number of hydrogen-bond donors (Lipinski definition) is 3. The largest absolute Gasteiger partial charge is 0.478 e. The topological polar surface area (TPSA) is 69.6 Å². The number of anilines is 1. The van der Waals surface area contributed by atoms with Crippen LogP contribution in [0.4, 0.5) is 14.5 Å². The summed E-state index contributed by atoms with van der Waals surface area (Å²) in [5.74, 6) is -3.05. The molecule has 0 aliphatic carbocycles. The molecule has 4 nitrogen and oxygen atoms in total. The van der Waals surface area contributed by atoms with Gasteiger partial charge in [0.25, 0.3) is 0 Å². The molecular formula is C23H19Cl2F2NO3. The van der Waals surface area contributed by atoms with Crippen LogP contribution in [-0.2, 0) is 12.0 Å². The van der Waals surface area contributed by atoms with Gasteiger partial charge in [0.05, 0.1) is 15.6 Å². The molecule has 0 spiro atoms. The lowest BCUT2D eigenvalue weighted by atomic mass is 9.86. The molecule has 3 rings (SSSR count). The van der Waals surface area contributed by atoms with E-state index in [0.717, 1.165) is 12.1 Å². The molecule has 0 saturated carbocycles. The van der Waals surface area contributed by atoms with E-state index in [1.54, 1.807) is 30.3 Å². The zero-order valence-electron chi connectivity index (χ0n) is 16.2. The molecule has 1 atom stereocenters. The van der Waals surface area contributed by atoms with E-state index in [1.165, 1.54) is 18.2 Å². The number of nitrogens with one attached hydrogen (secondary N) is 1. The monoisotopic (exact) mass is 465 g/mol. The van der Waals surface area contributed by atoms with Crippen LogP contribution >= 0.6 is 23.2 Å². The van der Waals surface area contributed by atoms with Crippen LogP contribution in [-0.4, -0.2) is 22.7 Å². The van der Waals surface area contributed by atoms with Gasteiger partial charge in [-0.3, -0.25) is 0 Å². The molecule has 0 aromatic heterocycles. The van der Waals surface area contributed by atoms with Crippen molar-refractivity contribution in [3.8, 4) is 0 Å². The van der Waals surface area contributed by atoms with Gasteiger partial charge in [0.1, 0.15) is 5.60 Å². The van der Waals surface area contributed by atoms with Gasteiger partial charge in [-0.1, -0.05) is 47.5 Å². The van der Waals surface area contributed by atoms with Gasteiger partial charge in [-0.05, 0) is 54.3 Å². The third kappa shape index (κ3) is 5.53. The first-order valence-electron chi connectivity index (χ1n) is 9.37. The van der Waals surface area contributed by atoms with Gasteiger partial charge < -0.3 is 15.5 Å². The van der Waals surface area contributed by atoms with Gasteiger partial charge in [-0.2, -0.15) is 0 Å². The van der Waals surface area contributed by atoms with Crippen LogP contribution in [0, 0.1) is 11.6 Å². The maximum absolute atomic E-state index is 13.5. The summed E-state index contributed by atoms with van der Waals surface area (Å²) in [7, 11) is 0. The average molecular weight is 466 g/mol. The Morgan fingerprint density at radius 1 is 0.968 bits per heavy atom. The molecule has 31 heavy (non-hydrogen) atoms. The Labute approximate surface area is 188 Å². The van der Waals surface area contributed by atoms with Crippen molar-refractivity contribution in [2.75, 3.05) is 11.9 Å². The number of aromatic carboxylic acids is 1. The Balaban J connectivity index is 1.89. The van der Waals surface area contributed by atoms with Crippen LogP contribution in [0.2, 0.25) is 10.0 Å². The number of aryl methyl sites for hydroxylation is 1. The predicted molar refractivity (Wildman–Crippen MR) is 117 cm³/mol. The fourth-order valence-corrected chi connectivity index (χ4v) is 3.56. The second kappa shape index (κ2) is 9.64. The van der Waals surface area contributed by atoms with E-state index < -0.39 is 23.2 Å². The van der Waals surface area contributed by atoms with E-state index in [0.29, 0.717) is 16.1 Å². The fraction of sp³-hybridized carbons (Fsp3) is 0.174. The first kappa shape index (κ1) is 23.0. The SMILES string of the molecule is O=C(O)c1ccccc1CCC(O)(CNc1ccc(F)c(F)c1)c1ccc(Cl)c(Cl)c1. The van der Waals surface area contributed by atoms with E-state index in [9.17, 15) is 23.8 Å². The van der Waals surface area contributed by atoms with Crippen LogP contribution in [0.5, 0.6) is 0 Å². The number of rotatable bonds is 8. The zero-order chi connectivity index (χ0) is 22.6. The molecule has 1 unspecified atom stereocenters. The normalized spacial score (nSPS) is 12.9. The Hall–Kier alpha value is -2.67. The van der Waals surface area contributed by atoms with E-state index >= 15 is 0 Å². The number of aliphatic hydroxyl groups is 1. The van der Waals surface area contributed by atoms with Gasteiger partial charge in [-0.15, -0.1) is 0 Å². The van der Waals surface area contributed by atoms with Crippen molar-refractivity contribution in [1.29, 1.82) is 0 Å². The number of carbonyl (C=O) groups is 1. The lowest BCUT2D eigenvalue weighted by Gasteiger charge is -2.30. The van der Waals surface area contributed by atoms with E-state index in [1.807, 2.05) is 0 Å². The van der Waals surface area contributed by atoms with Crippen LogP contribution < -0.4 is 5.32 Å². The number of carboxylic acid groups (broad SMARTS) is 1. The average Bonchev–Trinajstić information content (AvgIpc) is 2.75. The van der Waals surface area contributed by atoms with Gasteiger partial charge in [0.2, 0.25) is 0 Å². The minimum Gasteiger partial charge on any atom is -0.478 e. The molecule has 3 aromatic rings. The summed E-state index contributed by atoms with van der Waals surface area (Å²) in [5, 5.41) is 24.4. The summed E-state index contributed by atoms with van der Waals surface area (Å²) in [6.07, 6.45) is 0.380. The van der Waals surface area contributed by atoms with Crippen molar-refractivity contribution in [3.63, 3.8) is 0 Å². The first-order chi connectivity index (χ1) is 14.7. The van der Waals surface area contributed by atoms with Crippen LogP contribution in [0.15, 0.2) is 60.7 Å². The smallest absolute Gasteiger partial charge is 0.335 e. The summed E-state index contributed by atoms with van der Waals surface area (Å²) in [6, 6.07) is 14.5.